The van der Waals surface area contributed by atoms with Crippen LogP contribution in [0.4, 0.5) is 0 Å². The molecule has 2 heterocycles. The van der Waals surface area contributed by atoms with Gasteiger partial charge in [0.1, 0.15) is 18.3 Å². The minimum atomic E-state index is -0.850. The Kier molecular flexibility index (Phi) is 6.73. The molecule has 122 valence electrons. The van der Waals surface area contributed by atoms with Gasteiger partial charge in [0.15, 0.2) is 0 Å². The van der Waals surface area contributed by atoms with Gasteiger partial charge in [0.25, 0.3) is 0 Å². The van der Waals surface area contributed by atoms with E-state index >= 15 is 0 Å². The number of nitrogens with one attached hydrogen (secondary N) is 1. The van der Waals surface area contributed by atoms with Crippen LogP contribution < -0.4 is 5.32 Å². The van der Waals surface area contributed by atoms with Gasteiger partial charge in [-0.3, -0.25) is 9.78 Å². The van der Waals surface area contributed by atoms with Crippen molar-refractivity contribution in [2.24, 2.45) is 0 Å². The summed E-state index contributed by atoms with van der Waals surface area (Å²) >= 11 is 0. The summed E-state index contributed by atoms with van der Waals surface area (Å²) in [7, 11) is 0. The van der Waals surface area contributed by atoms with Crippen LogP contribution in [0.2, 0.25) is 0 Å². The smallest absolute Gasteiger partial charge is 0.222 e. The molecule has 1 amide bonds. The number of pyridine rings is 1. The van der Waals surface area contributed by atoms with Crippen LogP contribution in [-0.4, -0.2) is 65.8 Å². The highest BCUT2D eigenvalue weighted by Crippen LogP contribution is 2.16. The van der Waals surface area contributed by atoms with E-state index in [-0.39, 0.29) is 32.1 Å². The number of ether oxygens (including phenoxy) is 2. The Balaban J connectivity index is 1.56. The van der Waals surface area contributed by atoms with E-state index in [1.807, 2.05) is 18.2 Å². The Bertz CT molecular complexity index is 457. The maximum atomic E-state index is 11.7. The Morgan fingerprint density at radius 2 is 2.36 bits per heavy atom. The Morgan fingerprint density at radius 1 is 1.50 bits per heavy atom. The number of aromatic nitrogens is 1. The quantitative estimate of drug-likeness (QED) is 0.585. The van der Waals surface area contributed by atoms with Crippen LogP contribution in [0.15, 0.2) is 24.4 Å². The van der Waals surface area contributed by atoms with Gasteiger partial charge in [-0.15, -0.1) is 0 Å². The first-order chi connectivity index (χ1) is 10.7. The molecule has 22 heavy (non-hydrogen) atoms. The highest BCUT2D eigenvalue weighted by atomic mass is 16.6. The summed E-state index contributed by atoms with van der Waals surface area (Å²) in [5.41, 5.74) is 0.931. The maximum Gasteiger partial charge on any atom is 0.222 e. The summed E-state index contributed by atoms with van der Waals surface area (Å²) in [4.78, 5) is 15.8. The van der Waals surface area contributed by atoms with E-state index in [9.17, 15) is 9.90 Å². The summed E-state index contributed by atoms with van der Waals surface area (Å²) in [6.45, 7) is 0.721. The zero-order valence-electron chi connectivity index (χ0n) is 12.4. The first-order valence-corrected chi connectivity index (χ1v) is 7.39. The maximum absolute atomic E-state index is 11.7. The van der Waals surface area contributed by atoms with Gasteiger partial charge in [0.2, 0.25) is 5.91 Å². The minimum absolute atomic E-state index is 0.108. The van der Waals surface area contributed by atoms with E-state index in [4.69, 9.17) is 14.6 Å². The molecule has 0 aliphatic carbocycles. The lowest BCUT2D eigenvalue weighted by Crippen LogP contribution is -2.35. The van der Waals surface area contributed by atoms with Crippen molar-refractivity contribution >= 4 is 5.91 Å². The van der Waals surface area contributed by atoms with Crippen LogP contribution in [0, 0.1) is 0 Å². The minimum Gasteiger partial charge on any atom is -0.394 e. The standard InChI is InChI=1S/C15H22N2O5/c18-9-12-15(20)13(10-22-12)21-8-5-14(19)17-7-4-11-3-1-2-6-16-11/h1-3,6,12-13,15,18,20H,4-5,7-10H2,(H,17,19)/t12-,13?,15?/m1/s1. The number of nitrogens with zero attached hydrogens (tertiary/aromatic N) is 1. The number of carbonyl (C=O) groups is 1. The Labute approximate surface area is 129 Å². The van der Waals surface area contributed by atoms with Crippen LogP contribution in [0.25, 0.3) is 0 Å². The van der Waals surface area contributed by atoms with E-state index in [1.54, 1.807) is 6.20 Å². The van der Waals surface area contributed by atoms with E-state index in [0.29, 0.717) is 13.0 Å². The number of aliphatic hydroxyl groups excluding tert-OH is 2. The van der Waals surface area contributed by atoms with Gasteiger partial charge in [-0.05, 0) is 12.1 Å². The molecule has 3 N–H and O–H groups in total. The number of hydrogen-bond donors (Lipinski definition) is 3. The van der Waals surface area contributed by atoms with Gasteiger partial charge in [0.05, 0.1) is 19.8 Å². The summed E-state index contributed by atoms with van der Waals surface area (Å²) in [5, 5.41) is 21.5. The van der Waals surface area contributed by atoms with Crippen LogP contribution >= 0.6 is 0 Å². The number of aliphatic hydroxyl groups is 2. The first-order valence-electron chi connectivity index (χ1n) is 7.39. The molecule has 2 unspecified atom stereocenters. The van der Waals surface area contributed by atoms with Gasteiger partial charge in [-0.25, -0.2) is 0 Å². The molecule has 1 aromatic rings. The molecular weight excluding hydrogens is 288 g/mol. The van der Waals surface area contributed by atoms with Crippen molar-refractivity contribution in [1.29, 1.82) is 0 Å². The van der Waals surface area contributed by atoms with E-state index in [0.717, 1.165) is 5.69 Å². The highest BCUT2D eigenvalue weighted by molar-refractivity contribution is 5.75. The van der Waals surface area contributed by atoms with E-state index < -0.39 is 18.3 Å². The predicted molar refractivity (Wildman–Crippen MR) is 78.1 cm³/mol. The second-order valence-corrected chi connectivity index (χ2v) is 5.13. The molecule has 1 saturated heterocycles. The van der Waals surface area contributed by atoms with Crippen molar-refractivity contribution in [1.82, 2.24) is 10.3 Å². The molecule has 0 aromatic carbocycles. The topological polar surface area (TPSA) is 101 Å². The lowest BCUT2D eigenvalue weighted by molar-refractivity contribution is -0.123. The zero-order valence-corrected chi connectivity index (χ0v) is 12.4. The third-order valence-corrected chi connectivity index (χ3v) is 3.51. The van der Waals surface area contributed by atoms with Crippen molar-refractivity contribution in [3.63, 3.8) is 0 Å². The van der Waals surface area contributed by atoms with Crippen LogP contribution in [0.1, 0.15) is 12.1 Å². The average molecular weight is 310 g/mol. The molecule has 2 rings (SSSR count). The molecule has 3 atom stereocenters. The lowest BCUT2D eigenvalue weighted by atomic mass is 10.1. The first kappa shape index (κ1) is 16.8. The van der Waals surface area contributed by atoms with Crippen molar-refractivity contribution in [2.45, 2.75) is 31.2 Å². The largest absolute Gasteiger partial charge is 0.394 e. The third kappa shape index (κ3) is 5.03. The van der Waals surface area contributed by atoms with Gasteiger partial charge >= 0.3 is 0 Å². The summed E-state index contributed by atoms with van der Waals surface area (Å²) in [6, 6.07) is 5.67. The summed E-state index contributed by atoms with van der Waals surface area (Å²) < 4.78 is 10.6. The van der Waals surface area contributed by atoms with Gasteiger partial charge in [0, 0.05) is 31.3 Å². The molecular formula is C15H22N2O5. The molecule has 1 aliphatic heterocycles. The van der Waals surface area contributed by atoms with Gasteiger partial charge in [-0.1, -0.05) is 6.07 Å². The predicted octanol–water partition coefficient (Wildman–Crippen LogP) is -0.732. The second kappa shape index (κ2) is 8.79. The second-order valence-electron chi connectivity index (χ2n) is 5.13. The van der Waals surface area contributed by atoms with Crippen LogP contribution in [0.3, 0.4) is 0 Å². The highest BCUT2D eigenvalue weighted by Gasteiger charge is 2.36. The Morgan fingerprint density at radius 3 is 3.05 bits per heavy atom. The molecule has 7 heteroatoms. The van der Waals surface area contributed by atoms with E-state index in [2.05, 4.69) is 10.3 Å². The molecule has 0 spiro atoms. The molecule has 0 radical (unpaired) electrons. The van der Waals surface area contributed by atoms with Gasteiger partial charge in [-0.2, -0.15) is 0 Å². The van der Waals surface area contributed by atoms with Crippen LogP contribution in [0.5, 0.6) is 0 Å². The number of amides is 1. The SMILES string of the molecule is O=C(CCOC1CO[C@H](CO)C1O)NCCc1ccccn1. The summed E-state index contributed by atoms with van der Waals surface area (Å²) in [6.07, 6.45) is 0.684. The van der Waals surface area contributed by atoms with Crippen molar-refractivity contribution < 1.29 is 24.5 Å². The normalized spacial score (nSPS) is 24.4. The average Bonchev–Trinajstić information content (AvgIpc) is 2.89. The molecule has 7 nitrogen and oxygen atoms in total. The fraction of sp³-hybridized carbons (Fsp3) is 0.600. The molecule has 0 saturated carbocycles. The fourth-order valence-electron chi connectivity index (χ4n) is 2.23. The van der Waals surface area contributed by atoms with Crippen molar-refractivity contribution in [3.8, 4) is 0 Å². The molecule has 0 bridgehead atoms. The number of hydrogen-bond acceptors (Lipinski definition) is 6. The molecule has 1 aliphatic rings. The summed E-state index contributed by atoms with van der Waals surface area (Å²) in [5.74, 6) is -0.108. The zero-order chi connectivity index (χ0) is 15.8. The fourth-order valence-corrected chi connectivity index (χ4v) is 2.23. The molecule has 1 aromatic heterocycles. The monoisotopic (exact) mass is 310 g/mol. The van der Waals surface area contributed by atoms with Crippen molar-refractivity contribution in [3.05, 3.63) is 30.1 Å². The van der Waals surface area contributed by atoms with E-state index in [1.165, 1.54) is 0 Å². The third-order valence-electron chi connectivity index (χ3n) is 3.51. The van der Waals surface area contributed by atoms with Crippen LogP contribution in [-0.2, 0) is 20.7 Å². The lowest BCUT2D eigenvalue weighted by Gasteiger charge is -2.16. The Hall–Kier alpha value is -1.54. The van der Waals surface area contributed by atoms with Gasteiger partial charge < -0.3 is 25.0 Å². The van der Waals surface area contributed by atoms with Crippen molar-refractivity contribution in [2.75, 3.05) is 26.4 Å². The molecule has 1 fully saturated rings. The number of carbonyl (C=O) groups excluding carboxylic acids is 1. The number of rotatable bonds is 8.